The van der Waals surface area contributed by atoms with Crippen molar-refractivity contribution in [2.75, 3.05) is 18.0 Å². The summed E-state index contributed by atoms with van der Waals surface area (Å²) >= 11 is 0. The van der Waals surface area contributed by atoms with Crippen LogP contribution in [0.1, 0.15) is 31.2 Å². The molecular formula is C16H17F3N2O. The van der Waals surface area contributed by atoms with Crippen LogP contribution in [0, 0.1) is 16.7 Å². The van der Waals surface area contributed by atoms with Gasteiger partial charge in [-0.3, -0.25) is 4.74 Å². The molecular weight excluding hydrogens is 293 g/mol. The summed E-state index contributed by atoms with van der Waals surface area (Å²) in [5.41, 5.74) is 1.72. The Labute approximate surface area is 127 Å². The number of nitrogens with zero attached hydrogens (tertiary/aromatic N) is 2. The van der Waals surface area contributed by atoms with Crippen LogP contribution in [0.4, 0.5) is 18.9 Å². The van der Waals surface area contributed by atoms with Gasteiger partial charge in [-0.2, -0.15) is 5.26 Å². The van der Waals surface area contributed by atoms with E-state index in [-0.39, 0.29) is 5.41 Å². The Kier molecular flexibility index (Phi) is 3.77. The number of nitriles is 1. The van der Waals surface area contributed by atoms with Crippen molar-refractivity contribution in [2.24, 2.45) is 5.41 Å². The second-order valence-electron chi connectivity index (χ2n) is 6.24. The van der Waals surface area contributed by atoms with Crippen LogP contribution < -0.4 is 4.90 Å². The summed E-state index contributed by atoms with van der Waals surface area (Å²) in [4.78, 5) is 2.23. The SMILES string of the molecule is N#Cc1ccc(N2CCC3(CC2)CC(OC(F)(F)F)C3)cc1. The highest BCUT2D eigenvalue weighted by molar-refractivity contribution is 5.50. The van der Waals surface area contributed by atoms with Gasteiger partial charge in [0.05, 0.1) is 17.7 Å². The van der Waals surface area contributed by atoms with Gasteiger partial charge in [0.1, 0.15) is 0 Å². The molecule has 1 aromatic carbocycles. The number of hydrogen-bond donors (Lipinski definition) is 0. The molecule has 2 aliphatic rings. The van der Waals surface area contributed by atoms with Crippen molar-refractivity contribution in [3.05, 3.63) is 29.8 Å². The number of anilines is 1. The lowest BCUT2D eigenvalue weighted by Gasteiger charge is -2.52. The molecule has 6 heteroatoms. The summed E-state index contributed by atoms with van der Waals surface area (Å²) in [5.74, 6) is 0. The molecule has 22 heavy (non-hydrogen) atoms. The molecule has 3 rings (SSSR count). The van der Waals surface area contributed by atoms with E-state index in [1.54, 1.807) is 12.1 Å². The van der Waals surface area contributed by atoms with Crippen molar-refractivity contribution >= 4 is 5.69 Å². The number of ether oxygens (including phenoxy) is 1. The molecule has 0 bridgehead atoms. The first-order valence-electron chi connectivity index (χ1n) is 7.39. The van der Waals surface area contributed by atoms with Crippen LogP contribution in [-0.2, 0) is 4.74 Å². The van der Waals surface area contributed by atoms with E-state index in [0.29, 0.717) is 18.4 Å². The van der Waals surface area contributed by atoms with E-state index >= 15 is 0 Å². The van der Waals surface area contributed by atoms with E-state index in [1.807, 2.05) is 12.1 Å². The van der Waals surface area contributed by atoms with Crippen LogP contribution >= 0.6 is 0 Å². The van der Waals surface area contributed by atoms with Crippen molar-refractivity contribution in [1.82, 2.24) is 0 Å². The normalized spacial score (nSPS) is 21.5. The predicted molar refractivity (Wildman–Crippen MR) is 75.2 cm³/mol. The number of halogens is 3. The number of piperidine rings is 1. The van der Waals surface area contributed by atoms with Crippen LogP contribution in [-0.4, -0.2) is 25.6 Å². The van der Waals surface area contributed by atoms with Gasteiger partial charge in [0, 0.05) is 18.8 Å². The van der Waals surface area contributed by atoms with Gasteiger partial charge in [0.15, 0.2) is 0 Å². The quantitative estimate of drug-likeness (QED) is 0.832. The van der Waals surface area contributed by atoms with Gasteiger partial charge in [-0.1, -0.05) is 0 Å². The first kappa shape index (κ1) is 15.2. The topological polar surface area (TPSA) is 36.3 Å². The van der Waals surface area contributed by atoms with E-state index in [0.717, 1.165) is 31.6 Å². The third-order valence-corrected chi connectivity index (χ3v) is 4.81. The lowest BCUT2D eigenvalue weighted by atomic mass is 9.61. The summed E-state index contributed by atoms with van der Waals surface area (Å²) in [6.07, 6.45) is -2.38. The predicted octanol–water partition coefficient (Wildman–Crippen LogP) is 3.84. The van der Waals surface area contributed by atoms with Crippen LogP contribution in [0.25, 0.3) is 0 Å². The van der Waals surface area contributed by atoms with Crippen molar-refractivity contribution in [2.45, 2.75) is 38.1 Å². The monoisotopic (exact) mass is 310 g/mol. The Morgan fingerprint density at radius 2 is 1.73 bits per heavy atom. The molecule has 1 aliphatic carbocycles. The van der Waals surface area contributed by atoms with Gasteiger partial charge < -0.3 is 4.90 Å². The molecule has 0 radical (unpaired) electrons. The van der Waals surface area contributed by atoms with E-state index in [4.69, 9.17) is 5.26 Å². The summed E-state index contributed by atoms with van der Waals surface area (Å²) < 4.78 is 40.6. The van der Waals surface area contributed by atoms with E-state index in [9.17, 15) is 13.2 Å². The molecule has 0 N–H and O–H groups in total. The van der Waals surface area contributed by atoms with Crippen molar-refractivity contribution in [3.8, 4) is 6.07 Å². The zero-order valence-electron chi connectivity index (χ0n) is 12.1. The molecule has 3 nitrogen and oxygen atoms in total. The highest BCUT2D eigenvalue weighted by atomic mass is 19.4. The van der Waals surface area contributed by atoms with Gasteiger partial charge in [0.2, 0.25) is 0 Å². The van der Waals surface area contributed by atoms with Gasteiger partial charge >= 0.3 is 6.36 Å². The van der Waals surface area contributed by atoms with Crippen molar-refractivity contribution < 1.29 is 17.9 Å². The third-order valence-electron chi connectivity index (χ3n) is 4.81. The van der Waals surface area contributed by atoms with Gasteiger partial charge in [-0.05, 0) is 55.4 Å². The molecule has 118 valence electrons. The first-order chi connectivity index (χ1) is 10.4. The Morgan fingerprint density at radius 3 is 2.23 bits per heavy atom. The Hall–Kier alpha value is -1.74. The number of rotatable bonds is 2. The Morgan fingerprint density at radius 1 is 1.14 bits per heavy atom. The zero-order valence-corrected chi connectivity index (χ0v) is 12.1. The minimum absolute atomic E-state index is 0.0268. The fraction of sp³-hybridized carbons (Fsp3) is 0.562. The molecule has 1 aromatic rings. The summed E-state index contributed by atoms with van der Waals surface area (Å²) in [6.45, 7) is 1.68. The first-order valence-corrected chi connectivity index (χ1v) is 7.39. The highest BCUT2D eigenvalue weighted by Crippen LogP contribution is 2.51. The molecule has 0 aromatic heterocycles. The maximum Gasteiger partial charge on any atom is 0.522 e. The molecule has 1 spiro atoms. The summed E-state index contributed by atoms with van der Waals surface area (Å²) in [5, 5.41) is 8.80. The van der Waals surface area contributed by atoms with Crippen LogP contribution in [0.3, 0.4) is 0 Å². The van der Waals surface area contributed by atoms with Crippen LogP contribution in [0.2, 0.25) is 0 Å². The van der Waals surface area contributed by atoms with Crippen LogP contribution in [0.15, 0.2) is 24.3 Å². The lowest BCUT2D eigenvalue weighted by Crippen LogP contribution is -2.51. The fourth-order valence-electron chi connectivity index (χ4n) is 3.57. The molecule has 0 amide bonds. The largest absolute Gasteiger partial charge is 0.522 e. The molecule has 1 aliphatic heterocycles. The van der Waals surface area contributed by atoms with Crippen molar-refractivity contribution in [3.63, 3.8) is 0 Å². The minimum Gasteiger partial charge on any atom is -0.371 e. The maximum absolute atomic E-state index is 12.2. The maximum atomic E-state index is 12.2. The van der Waals surface area contributed by atoms with Crippen molar-refractivity contribution in [1.29, 1.82) is 5.26 Å². The average Bonchev–Trinajstić information content (AvgIpc) is 2.45. The average molecular weight is 310 g/mol. The molecule has 1 saturated heterocycles. The fourth-order valence-corrected chi connectivity index (χ4v) is 3.57. The molecule has 2 fully saturated rings. The number of benzene rings is 1. The van der Waals surface area contributed by atoms with E-state index in [2.05, 4.69) is 15.7 Å². The molecule has 0 atom stereocenters. The van der Waals surface area contributed by atoms with Gasteiger partial charge in [0.25, 0.3) is 0 Å². The zero-order chi connectivity index (χ0) is 15.8. The van der Waals surface area contributed by atoms with Gasteiger partial charge in [-0.15, -0.1) is 13.2 Å². The van der Waals surface area contributed by atoms with E-state index < -0.39 is 12.5 Å². The number of alkyl halides is 3. The molecule has 1 saturated carbocycles. The highest BCUT2D eigenvalue weighted by Gasteiger charge is 2.49. The van der Waals surface area contributed by atoms with Crippen LogP contribution in [0.5, 0.6) is 0 Å². The smallest absolute Gasteiger partial charge is 0.371 e. The Bertz CT molecular complexity index is 561. The molecule has 1 heterocycles. The summed E-state index contributed by atoms with van der Waals surface area (Å²) in [6, 6.07) is 9.51. The molecule has 0 unspecified atom stereocenters. The second kappa shape index (κ2) is 5.47. The Balaban J connectivity index is 1.52. The van der Waals surface area contributed by atoms with Gasteiger partial charge in [-0.25, -0.2) is 0 Å². The second-order valence-corrected chi connectivity index (χ2v) is 6.24. The van der Waals surface area contributed by atoms with E-state index in [1.165, 1.54) is 0 Å². The summed E-state index contributed by atoms with van der Waals surface area (Å²) in [7, 11) is 0. The number of hydrogen-bond acceptors (Lipinski definition) is 3. The minimum atomic E-state index is -4.52. The third kappa shape index (κ3) is 3.20. The lowest BCUT2D eigenvalue weighted by molar-refractivity contribution is -0.360. The standard InChI is InChI=1S/C16H17F3N2O/c17-16(18,19)22-14-9-15(10-14)5-7-21(8-6-15)13-3-1-12(11-20)2-4-13/h1-4,14H,5-10H2.